The third kappa shape index (κ3) is 8.83. The monoisotopic (exact) mass is 471 g/mol. The second kappa shape index (κ2) is 12.8. The molecule has 1 fully saturated rings. The van der Waals surface area contributed by atoms with Gasteiger partial charge >= 0.3 is 6.18 Å². The van der Waals surface area contributed by atoms with Crippen LogP contribution in [0.3, 0.4) is 0 Å². The minimum atomic E-state index is -4.48. The molecule has 5 atom stereocenters. The van der Waals surface area contributed by atoms with Gasteiger partial charge in [0, 0.05) is 25.8 Å². The molecule has 0 bridgehead atoms. The van der Waals surface area contributed by atoms with Crippen LogP contribution < -0.4 is 10.1 Å². The molecule has 0 spiro atoms. The number of nitrogens with one attached hydrogen (secondary N) is 1. The Morgan fingerprint density at radius 1 is 1.27 bits per heavy atom. The van der Waals surface area contributed by atoms with Gasteiger partial charge in [0.25, 0.3) is 0 Å². The lowest BCUT2D eigenvalue weighted by molar-refractivity contribution is -0.137. The van der Waals surface area contributed by atoms with E-state index in [2.05, 4.69) is 5.32 Å². The van der Waals surface area contributed by atoms with Crippen molar-refractivity contribution in [3.63, 3.8) is 0 Å². The molecule has 0 radical (unpaired) electrons. The molecule has 0 aromatic heterocycles. The zero-order valence-corrected chi connectivity index (χ0v) is 18.5. The van der Waals surface area contributed by atoms with Gasteiger partial charge in [-0.1, -0.05) is 30.4 Å². The summed E-state index contributed by atoms with van der Waals surface area (Å²) in [6.45, 7) is -0.251. The van der Waals surface area contributed by atoms with Crippen LogP contribution in [0.1, 0.15) is 37.7 Å². The fourth-order valence-electron chi connectivity index (χ4n) is 3.84. The Bertz CT molecular complexity index is 812. The quantitative estimate of drug-likeness (QED) is 0.293. The van der Waals surface area contributed by atoms with Gasteiger partial charge in [-0.25, -0.2) is 0 Å². The average Bonchev–Trinajstić information content (AvgIpc) is 3.04. The van der Waals surface area contributed by atoms with Crippen molar-refractivity contribution in [2.75, 3.05) is 13.7 Å². The minimum absolute atomic E-state index is 0.00645. The van der Waals surface area contributed by atoms with Gasteiger partial charge in [-0.2, -0.15) is 13.2 Å². The number of carbonyl (C=O) groups is 1. The summed E-state index contributed by atoms with van der Waals surface area (Å²) in [5, 5.41) is 33.3. The van der Waals surface area contributed by atoms with Gasteiger partial charge in [0.15, 0.2) is 0 Å². The highest BCUT2D eigenvalue weighted by atomic mass is 19.4. The number of allylic oxidation sites excluding steroid dienone is 2. The lowest BCUT2D eigenvalue weighted by Gasteiger charge is -2.19. The zero-order valence-electron chi connectivity index (χ0n) is 18.5. The van der Waals surface area contributed by atoms with Crippen LogP contribution in [0.2, 0.25) is 0 Å². The maximum absolute atomic E-state index is 12.8. The number of unbranched alkanes of at least 4 members (excludes halogenated alkanes) is 1. The largest absolute Gasteiger partial charge is 0.491 e. The molecule has 2 rings (SSSR count). The van der Waals surface area contributed by atoms with Crippen molar-refractivity contribution >= 4 is 5.91 Å². The Morgan fingerprint density at radius 2 is 2.03 bits per heavy atom. The highest BCUT2D eigenvalue weighted by molar-refractivity contribution is 5.75. The van der Waals surface area contributed by atoms with Crippen LogP contribution >= 0.6 is 0 Å². The number of ether oxygens (including phenoxy) is 1. The average molecular weight is 472 g/mol. The van der Waals surface area contributed by atoms with E-state index in [9.17, 15) is 33.3 Å². The Hall–Kier alpha value is -2.36. The third-order valence-electron chi connectivity index (χ3n) is 5.68. The predicted octanol–water partition coefficient (Wildman–Crippen LogP) is 3.22. The number of hydrogen-bond acceptors (Lipinski definition) is 5. The maximum Gasteiger partial charge on any atom is 0.416 e. The van der Waals surface area contributed by atoms with E-state index >= 15 is 0 Å². The second-order valence-electron chi connectivity index (χ2n) is 8.17. The van der Waals surface area contributed by atoms with Gasteiger partial charge in [0.05, 0.1) is 17.8 Å². The molecule has 0 unspecified atom stereocenters. The van der Waals surface area contributed by atoms with Crippen molar-refractivity contribution in [3.05, 3.63) is 54.1 Å². The molecular formula is C24H32F3NO5. The molecule has 1 aliphatic carbocycles. The van der Waals surface area contributed by atoms with Crippen LogP contribution in [0.4, 0.5) is 13.2 Å². The normalized spacial score (nSPS) is 24.5. The van der Waals surface area contributed by atoms with Crippen molar-refractivity contribution < 1.29 is 38.0 Å². The van der Waals surface area contributed by atoms with Crippen LogP contribution in [-0.4, -0.2) is 53.2 Å². The molecule has 1 aliphatic rings. The Balaban J connectivity index is 1.86. The number of aliphatic hydroxyl groups excluding tert-OH is 3. The van der Waals surface area contributed by atoms with Crippen molar-refractivity contribution in [3.8, 4) is 5.75 Å². The lowest BCUT2D eigenvalue weighted by Crippen LogP contribution is -2.21. The predicted molar refractivity (Wildman–Crippen MR) is 117 cm³/mol. The topological polar surface area (TPSA) is 99.0 Å². The van der Waals surface area contributed by atoms with Gasteiger partial charge < -0.3 is 25.4 Å². The van der Waals surface area contributed by atoms with E-state index < -0.39 is 30.1 Å². The van der Waals surface area contributed by atoms with Crippen LogP contribution in [0.15, 0.2) is 48.6 Å². The molecular weight excluding hydrogens is 439 g/mol. The number of benzene rings is 1. The summed E-state index contributed by atoms with van der Waals surface area (Å²) in [5.41, 5.74) is -0.836. The molecule has 9 heteroatoms. The van der Waals surface area contributed by atoms with Crippen LogP contribution in [0.5, 0.6) is 5.75 Å². The number of amides is 1. The van der Waals surface area contributed by atoms with Gasteiger partial charge in [0.2, 0.25) is 5.91 Å². The summed E-state index contributed by atoms with van der Waals surface area (Å²) >= 11 is 0. The first-order valence-corrected chi connectivity index (χ1v) is 11.0. The van der Waals surface area contributed by atoms with Crippen LogP contribution in [0, 0.1) is 11.8 Å². The van der Waals surface area contributed by atoms with Crippen LogP contribution in [-0.2, 0) is 11.0 Å². The Morgan fingerprint density at radius 3 is 2.73 bits per heavy atom. The SMILES string of the molecule is CNC(=O)CCC/C=C\C[C@@H]1[C@@H](/C=C/[C@@H](O)COc2cccc(C(F)(F)F)c2)[C@H](O)C[C@@H]1O. The molecule has 6 nitrogen and oxygen atoms in total. The van der Waals surface area contributed by atoms with E-state index in [4.69, 9.17) is 4.74 Å². The molecule has 1 amide bonds. The van der Waals surface area contributed by atoms with E-state index in [0.29, 0.717) is 19.3 Å². The summed E-state index contributed by atoms with van der Waals surface area (Å²) in [4.78, 5) is 11.2. The third-order valence-corrected chi connectivity index (χ3v) is 5.68. The van der Waals surface area contributed by atoms with Crippen molar-refractivity contribution in [2.45, 2.75) is 56.6 Å². The van der Waals surface area contributed by atoms with E-state index in [1.165, 1.54) is 18.2 Å². The number of hydrogen-bond donors (Lipinski definition) is 4. The molecule has 1 saturated carbocycles. The Kier molecular flexibility index (Phi) is 10.4. The van der Waals surface area contributed by atoms with E-state index in [-0.39, 0.29) is 36.5 Å². The van der Waals surface area contributed by atoms with Crippen LogP contribution in [0.25, 0.3) is 0 Å². The summed E-state index contributed by atoms with van der Waals surface area (Å²) < 4.78 is 43.6. The molecule has 184 valence electrons. The van der Waals surface area contributed by atoms with E-state index in [0.717, 1.165) is 18.6 Å². The zero-order chi connectivity index (χ0) is 24.4. The Labute approximate surface area is 191 Å². The molecule has 1 aromatic carbocycles. The van der Waals surface area contributed by atoms with Crippen molar-refractivity contribution in [1.29, 1.82) is 0 Å². The molecule has 0 heterocycles. The summed E-state index contributed by atoms with van der Waals surface area (Å²) in [6, 6.07) is 4.41. The first-order valence-electron chi connectivity index (χ1n) is 11.0. The van der Waals surface area contributed by atoms with E-state index in [1.807, 2.05) is 12.2 Å². The second-order valence-corrected chi connectivity index (χ2v) is 8.17. The first-order chi connectivity index (χ1) is 15.6. The number of halogens is 3. The summed E-state index contributed by atoms with van der Waals surface area (Å²) in [5.74, 6) is -0.631. The van der Waals surface area contributed by atoms with Crippen molar-refractivity contribution in [1.82, 2.24) is 5.32 Å². The molecule has 4 N–H and O–H groups in total. The summed E-state index contributed by atoms with van der Waals surface area (Å²) in [7, 11) is 1.59. The van der Waals surface area contributed by atoms with Gasteiger partial charge in [-0.3, -0.25) is 4.79 Å². The highest BCUT2D eigenvalue weighted by Crippen LogP contribution is 2.36. The molecule has 0 saturated heterocycles. The first kappa shape index (κ1) is 26.9. The van der Waals surface area contributed by atoms with Gasteiger partial charge in [-0.05, 0) is 43.4 Å². The fourth-order valence-corrected chi connectivity index (χ4v) is 3.84. The standard InChI is InChI=1S/C24H32F3NO5/c1-28-23(32)10-5-3-2-4-9-19-20(22(31)14-21(19)30)12-11-17(29)15-33-18-8-6-7-16(13-18)24(25,26)27/h2,4,6-8,11-13,17,19-22,29-31H,3,5,9-10,14-15H2,1H3,(H,28,32)/b4-2-,12-11+/t17-,19-,20-,21+,22-/m1/s1. The smallest absolute Gasteiger partial charge is 0.416 e. The molecule has 0 aliphatic heterocycles. The lowest BCUT2D eigenvalue weighted by atomic mass is 9.89. The van der Waals surface area contributed by atoms with Gasteiger partial charge in [-0.15, -0.1) is 0 Å². The molecule has 33 heavy (non-hydrogen) atoms. The number of aliphatic hydroxyl groups is 3. The summed E-state index contributed by atoms with van der Waals surface area (Å²) in [6.07, 6.45) is 2.53. The highest BCUT2D eigenvalue weighted by Gasteiger charge is 2.39. The maximum atomic E-state index is 12.8. The van der Waals surface area contributed by atoms with Gasteiger partial charge in [0.1, 0.15) is 18.5 Å². The number of rotatable bonds is 11. The van der Waals surface area contributed by atoms with Crippen molar-refractivity contribution in [2.24, 2.45) is 11.8 Å². The number of alkyl halides is 3. The minimum Gasteiger partial charge on any atom is -0.491 e. The fraction of sp³-hybridized carbons (Fsp3) is 0.542. The van der Waals surface area contributed by atoms with E-state index in [1.54, 1.807) is 13.1 Å². The molecule has 1 aromatic rings. The number of carbonyl (C=O) groups excluding carboxylic acids is 1.